The van der Waals surface area contributed by atoms with E-state index in [1.54, 1.807) is 17.4 Å². The zero-order valence-corrected chi connectivity index (χ0v) is 14.5. The lowest BCUT2D eigenvalue weighted by atomic mass is 10.1. The standard InChI is InChI=1S/C18H19N3O2S/c1-12(2)16-10-14(21-23-16)18(22)19-9-8-17-20-15(11-24-17)13-6-4-3-5-7-13/h3-7,10-12H,8-9H2,1-2H3,(H,19,22). The molecule has 6 heteroatoms. The molecule has 3 rings (SSSR count). The number of carbonyl (C=O) groups is 1. The van der Waals surface area contributed by atoms with Crippen molar-refractivity contribution in [3.8, 4) is 11.3 Å². The van der Waals surface area contributed by atoms with Crippen molar-refractivity contribution in [1.29, 1.82) is 0 Å². The smallest absolute Gasteiger partial charge is 0.273 e. The summed E-state index contributed by atoms with van der Waals surface area (Å²) in [5.74, 6) is 0.712. The molecule has 5 nitrogen and oxygen atoms in total. The highest BCUT2D eigenvalue weighted by molar-refractivity contribution is 7.09. The van der Waals surface area contributed by atoms with Crippen LogP contribution in [0.4, 0.5) is 0 Å². The Labute approximate surface area is 144 Å². The molecule has 0 aliphatic rings. The second-order valence-electron chi connectivity index (χ2n) is 5.77. The number of carbonyl (C=O) groups excluding carboxylic acids is 1. The topological polar surface area (TPSA) is 68.0 Å². The average Bonchev–Trinajstić information content (AvgIpc) is 3.25. The van der Waals surface area contributed by atoms with Crippen molar-refractivity contribution in [2.45, 2.75) is 26.2 Å². The summed E-state index contributed by atoms with van der Waals surface area (Å²) in [5, 5.41) is 9.70. The van der Waals surface area contributed by atoms with E-state index in [9.17, 15) is 4.79 Å². The Bertz CT molecular complexity index is 809. The molecule has 1 N–H and O–H groups in total. The number of aromatic nitrogens is 2. The highest BCUT2D eigenvalue weighted by Gasteiger charge is 2.14. The van der Waals surface area contributed by atoms with E-state index < -0.39 is 0 Å². The van der Waals surface area contributed by atoms with Crippen molar-refractivity contribution in [3.05, 3.63) is 58.2 Å². The second-order valence-corrected chi connectivity index (χ2v) is 6.71. The van der Waals surface area contributed by atoms with Crippen LogP contribution in [-0.2, 0) is 6.42 Å². The van der Waals surface area contributed by atoms with Gasteiger partial charge in [-0.1, -0.05) is 49.3 Å². The first-order valence-corrected chi connectivity index (χ1v) is 8.76. The van der Waals surface area contributed by atoms with E-state index in [0.717, 1.165) is 16.3 Å². The van der Waals surface area contributed by atoms with Gasteiger partial charge in [-0.25, -0.2) is 4.98 Å². The van der Waals surface area contributed by atoms with Crippen LogP contribution in [0.15, 0.2) is 46.3 Å². The minimum absolute atomic E-state index is 0.214. The number of nitrogens with zero attached hydrogens (tertiary/aromatic N) is 2. The summed E-state index contributed by atoms with van der Waals surface area (Å²) in [7, 11) is 0. The van der Waals surface area contributed by atoms with Crippen molar-refractivity contribution in [1.82, 2.24) is 15.5 Å². The summed E-state index contributed by atoms with van der Waals surface area (Å²) < 4.78 is 5.14. The van der Waals surface area contributed by atoms with Crippen molar-refractivity contribution in [2.75, 3.05) is 6.54 Å². The fourth-order valence-corrected chi connectivity index (χ4v) is 3.02. The number of rotatable bonds is 6. The van der Waals surface area contributed by atoms with E-state index in [0.29, 0.717) is 24.4 Å². The maximum absolute atomic E-state index is 12.0. The monoisotopic (exact) mass is 341 g/mol. The molecular weight excluding hydrogens is 322 g/mol. The first-order chi connectivity index (χ1) is 11.6. The summed E-state index contributed by atoms with van der Waals surface area (Å²) in [5.41, 5.74) is 2.40. The molecule has 0 radical (unpaired) electrons. The largest absolute Gasteiger partial charge is 0.360 e. The van der Waals surface area contributed by atoms with Gasteiger partial charge in [0.05, 0.1) is 10.7 Å². The molecule has 1 aromatic carbocycles. The first kappa shape index (κ1) is 16.4. The van der Waals surface area contributed by atoms with Gasteiger partial charge in [0, 0.05) is 35.9 Å². The molecule has 3 aromatic rings. The minimum Gasteiger partial charge on any atom is -0.360 e. The molecule has 0 bridgehead atoms. The Kier molecular flexibility index (Phi) is 5.05. The normalized spacial score (nSPS) is 11.0. The molecule has 0 aliphatic carbocycles. The molecule has 0 atom stereocenters. The predicted molar refractivity (Wildman–Crippen MR) is 94.2 cm³/mol. The van der Waals surface area contributed by atoms with E-state index >= 15 is 0 Å². The summed E-state index contributed by atoms with van der Waals surface area (Å²) in [6.07, 6.45) is 0.693. The average molecular weight is 341 g/mol. The Hall–Kier alpha value is -2.47. The Morgan fingerprint density at radius 3 is 2.79 bits per heavy atom. The molecular formula is C18H19N3O2S. The zero-order chi connectivity index (χ0) is 16.9. The zero-order valence-electron chi connectivity index (χ0n) is 13.7. The number of nitrogens with one attached hydrogen (secondary N) is 1. The molecule has 0 saturated heterocycles. The Balaban J connectivity index is 1.53. The first-order valence-electron chi connectivity index (χ1n) is 7.88. The van der Waals surface area contributed by atoms with Crippen LogP contribution in [0.25, 0.3) is 11.3 Å². The Morgan fingerprint density at radius 1 is 1.29 bits per heavy atom. The van der Waals surface area contributed by atoms with Crippen LogP contribution in [0.2, 0.25) is 0 Å². The molecule has 0 unspecified atom stereocenters. The van der Waals surface area contributed by atoms with Crippen LogP contribution in [0.3, 0.4) is 0 Å². The summed E-state index contributed by atoms with van der Waals surface area (Å²) in [4.78, 5) is 16.7. The van der Waals surface area contributed by atoms with Gasteiger partial charge in [-0.05, 0) is 0 Å². The van der Waals surface area contributed by atoms with Gasteiger partial charge in [0.2, 0.25) is 0 Å². The third-order valence-electron chi connectivity index (χ3n) is 3.58. The number of thiazole rings is 1. The van der Waals surface area contributed by atoms with Crippen LogP contribution < -0.4 is 5.32 Å². The number of benzene rings is 1. The third kappa shape index (κ3) is 3.89. The van der Waals surface area contributed by atoms with Gasteiger partial charge in [0.15, 0.2) is 5.69 Å². The number of hydrogen-bond acceptors (Lipinski definition) is 5. The van der Waals surface area contributed by atoms with E-state index in [4.69, 9.17) is 4.52 Å². The van der Waals surface area contributed by atoms with E-state index in [2.05, 4.69) is 15.5 Å². The molecule has 2 aromatic heterocycles. The van der Waals surface area contributed by atoms with Gasteiger partial charge in [0.1, 0.15) is 5.76 Å². The Morgan fingerprint density at radius 2 is 2.08 bits per heavy atom. The van der Waals surface area contributed by atoms with Crippen LogP contribution in [-0.4, -0.2) is 22.6 Å². The van der Waals surface area contributed by atoms with Crippen LogP contribution in [0.5, 0.6) is 0 Å². The summed E-state index contributed by atoms with van der Waals surface area (Å²) in [6.45, 7) is 4.51. The van der Waals surface area contributed by atoms with Gasteiger partial charge in [-0.3, -0.25) is 4.79 Å². The maximum Gasteiger partial charge on any atom is 0.273 e. The fourth-order valence-electron chi connectivity index (χ4n) is 2.21. The van der Waals surface area contributed by atoms with Crippen LogP contribution >= 0.6 is 11.3 Å². The van der Waals surface area contributed by atoms with E-state index in [1.807, 2.05) is 49.6 Å². The van der Waals surface area contributed by atoms with Gasteiger partial charge in [0.25, 0.3) is 5.91 Å². The molecule has 0 spiro atoms. The molecule has 24 heavy (non-hydrogen) atoms. The predicted octanol–water partition coefficient (Wildman–Crippen LogP) is 3.89. The molecule has 0 fully saturated rings. The maximum atomic E-state index is 12.0. The molecule has 0 saturated carbocycles. The minimum atomic E-state index is -0.217. The lowest BCUT2D eigenvalue weighted by Crippen LogP contribution is -2.25. The van der Waals surface area contributed by atoms with Gasteiger partial charge < -0.3 is 9.84 Å². The lowest BCUT2D eigenvalue weighted by Gasteiger charge is -2.00. The second kappa shape index (κ2) is 7.40. The van der Waals surface area contributed by atoms with Gasteiger partial charge in [-0.15, -0.1) is 11.3 Å². The quantitative estimate of drug-likeness (QED) is 0.738. The summed E-state index contributed by atoms with van der Waals surface area (Å²) >= 11 is 1.60. The number of amides is 1. The van der Waals surface area contributed by atoms with E-state index in [1.165, 1.54) is 0 Å². The highest BCUT2D eigenvalue weighted by Crippen LogP contribution is 2.21. The van der Waals surface area contributed by atoms with E-state index in [-0.39, 0.29) is 11.8 Å². The molecule has 0 aliphatic heterocycles. The van der Waals surface area contributed by atoms with Crippen molar-refractivity contribution >= 4 is 17.2 Å². The number of hydrogen-bond donors (Lipinski definition) is 1. The van der Waals surface area contributed by atoms with Crippen LogP contribution in [0.1, 0.15) is 41.0 Å². The third-order valence-corrected chi connectivity index (χ3v) is 4.48. The summed E-state index contributed by atoms with van der Waals surface area (Å²) in [6, 6.07) is 11.8. The highest BCUT2D eigenvalue weighted by atomic mass is 32.1. The van der Waals surface area contributed by atoms with Gasteiger partial charge in [-0.2, -0.15) is 0 Å². The van der Waals surface area contributed by atoms with Crippen molar-refractivity contribution in [2.24, 2.45) is 0 Å². The van der Waals surface area contributed by atoms with Crippen molar-refractivity contribution < 1.29 is 9.32 Å². The SMILES string of the molecule is CC(C)c1cc(C(=O)NCCc2nc(-c3ccccc3)cs2)no1. The fraction of sp³-hybridized carbons (Fsp3) is 0.278. The molecule has 1 amide bonds. The van der Waals surface area contributed by atoms with Crippen molar-refractivity contribution in [3.63, 3.8) is 0 Å². The molecule has 2 heterocycles. The van der Waals surface area contributed by atoms with Gasteiger partial charge >= 0.3 is 0 Å². The molecule has 124 valence electrons. The van der Waals surface area contributed by atoms with Crippen LogP contribution in [0, 0.1) is 0 Å². The lowest BCUT2D eigenvalue weighted by molar-refractivity contribution is 0.0945.